The Balaban J connectivity index is 2.19. The molecule has 0 radical (unpaired) electrons. The minimum atomic E-state index is -0.985. The van der Waals surface area contributed by atoms with E-state index in [4.69, 9.17) is 0 Å². The van der Waals surface area contributed by atoms with Crippen LogP contribution in [0.1, 0.15) is 24.5 Å². The summed E-state index contributed by atoms with van der Waals surface area (Å²) in [6, 6.07) is 19.7. The molecule has 2 aromatic rings. The van der Waals surface area contributed by atoms with Gasteiger partial charge in [0, 0.05) is 6.42 Å². The lowest BCUT2D eigenvalue weighted by atomic mass is 9.87. The highest BCUT2D eigenvalue weighted by molar-refractivity contribution is 5.80. The van der Waals surface area contributed by atoms with E-state index in [0.717, 1.165) is 11.1 Å². The zero-order chi connectivity index (χ0) is 16.5. The predicted molar refractivity (Wildman–Crippen MR) is 94.3 cm³/mol. The molecule has 3 nitrogen and oxygen atoms in total. The molecule has 0 amide bonds. The van der Waals surface area contributed by atoms with Gasteiger partial charge >= 0.3 is 5.97 Å². The van der Waals surface area contributed by atoms with Gasteiger partial charge in [-0.15, -0.1) is 0 Å². The summed E-state index contributed by atoms with van der Waals surface area (Å²) in [5.74, 6) is -0.819. The maximum absolute atomic E-state index is 12.0. The highest BCUT2D eigenvalue weighted by Crippen LogP contribution is 2.20. The number of hydrogen-bond donors (Lipinski definition) is 2. The van der Waals surface area contributed by atoms with E-state index in [2.05, 4.69) is 5.32 Å². The van der Waals surface area contributed by atoms with Crippen molar-refractivity contribution in [3.8, 4) is 0 Å². The summed E-state index contributed by atoms with van der Waals surface area (Å²) in [4.78, 5) is 12.0. The van der Waals surface area contributed by atoms with E-state index in [-0.39, 0.29) is 0 Å². The van der Waals surface area contributed by atoms with Crippen LogP contribution >= 0.6 is 0 Å². The van der Waals surface area contributed by atoms with Crippen molar-refractivity contribution in [1.82, 2.24) is 5.32 Å². The van der Waals surface area contributed by atoms with Crippen LogP contribution in [0.2, 0.25) is 0 Å². The van der Waals surface area contributed by atoms with Crippen molar-refractivity contribution in [1.29, 1.82) is 0 Å². The van der Waals surface area contributed by atoms with Crippen LogP contribution in [0.3, 0.4) is 0 Å². The second-order valence-electron chi connectivity index (χ2n) is 5.60. The van der Waals surface area contributed by atoms with Crippen molar-refractivity contribution >= 4 is 12.0 Å². The first-order valence-electron chi connectivity index (χ1n) is 7.90. The van der Waals surface area contributed by atoms with Gasteiger partial charge < -0.3 is 10.4 Å². The third-order valence-corrected chi connectivity index (χ3v) is 3.85. The van der Waals surface area contributed by atoms with E-state index in [1.165, 1.54) is 0 Å². The van der Waals surface area contributed by atoms with Gasteiger partial charge in [0.15, 0.2) is 0 Å². The van der Waals surface area contributed by atoms with Crippen LogP contribution in [0.4, 0.5) is 0 Å². The molecule has 0 aliphatic carbocycles. The molecule has 2 rings (SSSR count). The maximum Gasteiger partial charge on any atom is 0.324 e. The number of nitrogens with one attached hydrogen (secondary N) is 1. The predicted octanol–water partition coefficient (Wildman–Crippen LogP) is 3.77. The summed E-state index contributed by atoms with van der Waals surface area (Å²) in [6.45, 7) is 2.54. The van der Waals surface area contributed by atoms with Crippen LogP contribution in [-0.4, -0.2) is 23.2 Å². The minimum Gasteiger partial charge on any atom is -0.480 e. The molecule has 0 saturated carbocycles. The summed E-state index contributed by atoms with van der Waals surface area (Å²) in [6.07, 6.45) is 4.80. The number of hydrogen-bond acceptors (Lipinski definition) is 2. The summed E-state index contributed by atoms with van der Waals surface area (Å²) in [5.41, 5.74) is 1.11. The fraction of sp³-hybridized carbons (Fsp3) is 0.250. The maximum atomic E-state index is 12.0. The van der Waals surface area contributed by atoms with Gasteiger partial charge in [0.25, 0.3) is 0 Å². The van der Waals surface area contributed by atoms with Crippen LogP contribution < -0.4 is 5.32 Å². The molecule has 2 N–H and O–H groups in total. The highest BCUT2D eigenvalue weighted by Gasteiger charge is 2.36. The van der Waals surface area contributed by atoms with E-state index in [1.807, 2.05) is 79.7 Å². The fourth-order valence-electron chi connectivity index (χ4n) is 2.69. The van der Waals surface area contributed by atoms with Crippen LogP contribution in [-0.2, 0) is 11.2 Å². The van der Waals surface area contributed by atoms with Crippen LogP contribution in [0.15, 0.2) is 66.7 Å². The fourth-order valence-corrected chi connectivity index (χ4v) is 2.69. The monoisotopic (exact) mass is 309 g/mol. The Morgan fingerprint density at radius 2 is 1.70 bits per heavy atom. The van der Waals surface area contributed by atoms with Crippen molar-refractivity contribution < 1.29 is 9.90 Å². The molecule has 120 valence electrons. The third-order valence-electron chi connectivity index (χ3n) is 3.85. The molecular formula is C20H23NO2. The first-order chi connectivity index (χ1) is 11.2. The second-order valence-corrected chi connectivity index (χ2v) is 5.60. The second kappa shape index (κ2) is 8.30. The lowest BCUT2D eigenvalue weighted by Gasteiger charge is -2.29. The first-order valence-corrected chi connectivity index (χ1v) is 7.90. The van der Waals surface area contributed by atoms with Gasteiger partial charge in [-0.1, -0.05) is 79.7 Å². The van der Waals surface area contributed by atoms with Crippen LogP contribution in [0, 0.1) is 0 Å². The quantitative estimate of drug-likeness (QED) is 0.780. The molecule has 1 unspecified atom stereocenters. The molecular weight excluding hydrogens is 286 g/mol. The zero-order valence-corrected chi connectivity index (χ0v) is 13.4. The smallest absolute Gasteiger partial charge is 0.324 e. The number of likely N-dealkylation sites (N-methyl/N-ethyl adjacent to an activating group) is 1. The Morgan fingerprint density at radius 1 is 1.09 bits per heavy atom. The molecule has 0 spiro atoms. The lowest BCUT2D eigenvalue weighted by molar-refractivity contribution is -0.144. The van der Waals surface area contributed by atoms with Crippen LogP contribution in [0.5, 0.6) is 0 Å². The van der Waals surface area contributed by atoms with Crippen molar-refractivity contribution in [2.75, 3.05) is 6.54 Å². The largest absolute Gasteiger partial charge is 0.480 e. The number of aliphatic carboxylic acids is 1. The Bertz CT molecular complexity index is 637. The Labute approximate surface area is 137 Å². The molecule has 0 aliphatic rings. The number of benzene rings is 2. The molecule has 3 heteroatoms. The van der Waals surface area contributed by atoms with E-state index < -0.39 is 11.5 Å². The normalized spacial score (nSPS) is 13.8. The summed E-state index contributed by atoms with van der Waals surface area (Å²) in [5, 5.41) is 13.0. The van der Waals surface area contributed by atoms with Crippen molar-refractivity contribution in [2.24, 2.45) is 0 Å². The Morgan fingerprint density at radius 3 is 2.26 bits per heavy atom. The molecule has 0 aromatic heterocycles. The lowest BCUT2D eigenvalue weighted by Crippen LogP contribution is -2.53. The van der Waals surface area contributed by atoms with Gasteiger partial charge in [-0.25, -0.2) is 0 Å². The summed E-state index contributed by atoms with van der Waals surface area (Å²) >= 11 is 0. The van der Waals surface area contributed by atoms with E-state index in [1.54, 1.807) is 0 Å². The van der Waals surface area contributed by atoms with E-state index in [0.29, 0.717) is 19.4 Å². The SMILES string of the molecule is CCNC(C/C=C/c1ccccc1)(Cc1ccccc1)C(=O)O. The van der Waals surface area contributed by atoms with E-state index in [9.17, 15) is 9.90 Å². The summed E-state index contributed by atoms with van der Waals surface area (Å²) in [7, 11) is 0. The molecule has 23 heavy (non-hydrogen) atoms. The zero-order valence-electron chi connectivity index (χ0n) is 13.4. The molecule has 2 aromatic carbocycles. The Hall–Kier alpha value is -2.39. The standard InChI is InChI=1S/C20H23NO2/c1-2-21-20(19(22)23,16-18-12-7-4-8-13-18)15-9-14-17-10-5-3-6-11-17/h3-14,21H,2,15-16H2,1H3,(H,22,23)/b14-9+. The highest BCUT2D eigenvalue weighted by atomic mass is 16.4. The number of carboxylic acid groups (broad SMARTS) is 1. The molecule has 0 fully saturated rings. The minimum absolute atomic E-state index is 0.431. The van der Waals surface area contributed by atoms with Gasteiger partial charge in [0.05, 0.1) is 0 Å². The topological polar surface area (TPSA) is 49.3 Å². The molecule has 0 saturated heterocycles. The molecule has 0 aliphatic heterocycles. The van der Waals surface area contributed by atoms with Crippen molar-refractivity contribution in [3.05, 3.63) is 77.9 Å². The van der Waals surface area contributed by atoms with Crippen molar-refractivity contribution in [2.45, 2.75) is 25.3 Å². The first kappa shape index (κ1) is 17.0. The van der Waals surface area contributed by atoms with Gasteiger partial charge in [-0.2, -0.15) is 0 Å². The van der Waals surface area contributed by atoms with Gasteiger partial charge in [0.2, 0.25) is 0 Å². The number of rotatable bonds is 8. The third kappa shape index (κ3) is 4.80. The van der Waals surface area contributed by atoms with Crippen molar-refractivity contribution in [3.63, 3.8) is 0 Å². The average molecular weight is 309 g/mol. The van der Waals surface area contributed by atoms with Gasteiger partial charge in [-0.05, 0) is 24.1 Å². The number of carboxylic acids is 1. The van der Waals surface area contributed by atoms with Gasteiger partial charge in [0.1, 0.15) is 5.54 Å². The molecule has 0 heterocycles. The molecule has 0 bridgehead atoms. The summed E-state index contributed by atoms with van der Waals surface area (Å²) < 4.78 is 0. The van der Waals surface area contributed by atoms with Crippen LogP contribution in [0.25, 0.3) is 6.08 Å². The van der Waals surface area contributed by atoms with Gasteiger partial charge in [-0.3, -0.25) is 4.79 Å². The number of carbonyl (C=O) groups is 1. The average Bonchev–Trinajstić information content (AvgIpc) is 2.56. The Kier molecular flexibility index (Phi) is 6.12. The van der Waals surface area contributed by atoms with E-state index >= 15 is 0 Å². The molecule has 1 atom stereocenters.